The molecule has 0 aromatic heterocycles. The molecular formula is C29H36ClFN2O3. The minimum atomic E-state index is -0.408. The number of hydrogen-bond donors (Lipinski definition) is 1. The van der Waals surface area contributed by atoms with E-state index in [1.54, 1.807) is 18.2 Å². The van der Waals surface area contributed by atoms with Crippen molar-refractivity contribution in [3.8, 4) is 16.9 Å². The second-order valence-corrected chi connectivity index (χ2v) is 11.6. The highest BCUT2D eigenvalue weighted by Crippen LogP contribution is 2.47. The van der Waals surface area contributed by atoms with Crippen LogP contribution in [0.5, 0.6) is 5.75 Å². The highest BCUT2D eigenvalue weighted by atomic mass is 35.5. The Morgan fingerprint density at radius 2 is 2.00 bits per heavy atom. The second kappa shape index (κ2) is 10.2. The number of hydrogen-bond acceptors (Lipinski definition) is 4. The number of halogens is 2. The van der Waals surface area contributed by atoms with Crippen molar-refractivity contribution in [2.45, 2.75) is 65.0 Å². The average Bonchev–Trinajstić information content (AvgIpc) is 3.09. The van der Waals surface area contributed by atoms with Gasteiger partial charge in [-0.15, -0.1) is 0 Å². The van der Waals surface area contributed by atoms with Gasteiger partial charge in [0.15, 0.2) is 0 Å². The van der Waals surface area contributed by atoms with E-state index in [1.807, 2.05) is 12.1 Å². The van der Waals surface area contributed by atoms with E-state index in [2.05, 4.69) is 31.0 Å². The third-order valence-corrected chi connectivity index (χ3v) is 8.38. The summed E-state index contributed by atoms with van der Waals surface area (Å²) in [5.41, 5.74) is 2.79. The van der Waals surface area contributed by atoms with Gasteiger partial charge in [0.05, 0.1) is 17.7 Å². The van der Waals surface area contributed by atoms with Crippen LogP contribution >= 0.6 is 11.6 Å². The van der Waals surface area contributed by atoms with E-state index in [0.717, 1.165) is 62.9 Å². The van der Waals surface area contributed by atoms with Gasteiger partial charge in [0.25, 0.3) is 0 Å². The summed E-state index contributed by atoms with van der Waals surface area (Å²) in [4.78, 5) is 15.3. The lowest BCUT2D eigenvalue weighted by molar-refractivity contribution is -0.0349. The second-order valence-electron chi connectivity index (χ2n) is 11.2. The van der Waals surface area contributed by atoms with E-state index < -0.39 is 6.09 Å². The molecule has 6 rings (SSSR count). The summed E-state index contributed by atoms with van der Waals surface area (Å²) in [7, 11) is 0. The molecule has 0 radical (unpaired) electrons. The largest absolute Gasteiger partial charge is 0.492 e. The van der Waals surface area contributed by atoms with Gasteiger partial charge in [-0.05, 0) is 91.1 Å². The number of amides is 1. The number of unbranched alkanes of at least 4 members (excludes halogenated alkanes) is 1. The summed E-state index contributed by atoms with van der Waals surface area (Å²) in [6.45, 7) is 9.91. The Balaban J connectivity index is 1.33. The first-order valence-electron chi connectivity index (χ1n) is 13.2. The van der Waals surface area contributed by atoms with E-state index in [-0.39, 0.29) is 23.4 Å². The van der Waals surface area contributed by atoms with E-state index >= 15 is 4.39 Å². The number of carbonyl (C=O) groups is 1. The number of ether oxygens (including phenoxy) is 2. The van der Waals surface area contributed by atoms with Crippen molar-refractivity contribution in [2.75, 3.05) is 26.2 Å². The van der Waals surface area contributed by atoms with Gasteiger partial charge in [-0.2, -0.15) is 0 Å². The van der Waals surface area contributed by atoms with Gasteiger partial charge in [-0.3, -0.25) is 4.90 Å². The molecule has 2 aromatic carbocycles. The van der Waals surface area contributed by atoms with E-state index in [4.69, 9.17) is 21.1 Å². The minimum Gasteiger partial charge on any atom is -0.492 e. The molecule has 2 atom stereocenters. The predicted molar refractivity (Wildman–Crippen MR) is 140 cm³/mol. The molecule has 1 N–H and O–H groups in total. The van der Waals surface area contributed by atoms with Gasteiger partial charge >= 0.3 is 6.09 Å². The van der Waals surface area contributed by atoms with Crippen molar-refractivity contribution < 1.29 is 18.7 Å². The summed E-state index contributed by atoms with van der Waals surface area (Å²) in [6.07, 6.45) is 4.42. The molecule has 2 bridgehead atoms. The normalized spacial score (nSPS) is 25.9. The van der Waals surface area contributed by atoms with Crippen LogP contribution in [-0.2, 0) is 11.2 Å². The van der Waals surface area contributed by atoms with Crippen LogP contribution in [0.15, 0.2) is 30.3 Å². The van der Waals surface area contributed by atoms with E-state index in [9.17, 15) is 4.79 Å². The molecule has 1 aliphatic carbocycles. The zero-order valence-electron chi connectivity index (χ0n) is 21.4. The SMILES string of the molecule is CCCCOc1ccc(-c2cc3c(cc2F)[C@H](NC(=O)O[C@H]2CN4CCC2CC4)C(C)(C)C3)cc1Cl. The summed E-state index contributed by atoms with van der Waals surface area (Å²) in [5, 5.41) is 3.55. The molecular weight excluding hydrogens is 479 g/mol. The maximum Gasteiger partial charge on any atom is 0.407 e. The van der Waals surface area contributed by atoms with E-state index in [0.29, 0.717) is 34.4 Å². The fraction of sp³-hybridized carbons (Fsp3) is 0.552. The maximum absolute atomic E-state index is 15.4. The zero-order valence-corrected chi connectivity index (χ0v) is 22.2. The number of piperidine rings is 3. The van der Waals surface area contributed by atoms with Crippen LogP contribution in [0.1, 0.15) is 63.6 Å². The van der Waals surface area contributed by atoms with Crippen molar-refractivity contribution in [3.05, 3.63) is 52.3 Å². The number of carbonyl (C=O) groups excluding carboxylic acids is 1. The molecule has 3 heterocycles. The number of benzene rings is 2. The van der Waals surface area contributed by atoms with Crippen molar-refractivity contribution >= 4 is 17.7 Å². The third-order valence-electron chi connectivity index (χ3n) is 8.08. The number of rotatable bonds is 7. The lowest BCUT2D eigenvalue weighted by atomic mass is 9.85. The molecule has 3 saturated heterocycles. The molecule has 0 unspecified atom stereocenters. The molecule has 194 valence electrons. The molecule has 1 amide bonds. The van der Waals surface area contributed by atoms with Gasteiger partial charge in [-0.25, -0.2) is 9.18 Å². The molecule has 36 heavy (non-hydrogen) atoms. The van der Waals surface area contributed by atoms with Crippen LogP contribution in [0, 0.1) is 17.2 Å². The van der Waals surface area contributed by atoms with Crippen LogP contribution in [0.3, 0.4) is 0 Å². The maximum atomic E-state index is 15.4. The third kappa shape index (κ3) is 5.08. The van der Waals surface area contributed by atoms with Gasteiger partial charge < -0.3 is 14.8 Å². The van der Waals surface area contributed by atoms with Crippen LogP contribution in [-0.4, -0.2) is 43.3 Å². The van der Waals surface area contributed by atoms with Crippen molar-refractivity contribution in [1.29, 1.82) is 0 Å². The fourth-order valence-electron chi connectivity index (χ4n) is 6.01. The highest BCUT2D eigenvalue weighted by Gasteiger charge is 2.42. The smallest absolute Gasteiger partial charge is 0.407 e. The molecule has 5 nitrogen and oxygen atoms in total. The Labute approximate surface area is 218 Å². The zero-order chi connectivity index (χ0) is 25.4. The lowest BCUT2D eigenvalue weighted by Crippen LogP contribution is -2.53. The molecule has 0 spiro atoms. The summed E-state index contributed by atoms with van der Waals surface area (Å²) >= 11 is 6.45. The molecule has 3 fully saturated rings. The van der Waals surface area contributed by atoms with Gasteiger partial charge in [0.2, 0.25) is 0 Å². The van der Waals surface area contributed by atoms with Crippen molar-refractivity contribution in [2.24, 2.45) is 11.3 Å². The van der Waals surface area contributed by atoms with Gasteiger partial charge in [0.1, 0.15) is 17.7 Å². The molecule has 2 aromatic rings. The number of nitrogens with zero attached hydrogens (tertiary/aromatic N) is 1. The Kier molecular flexibility index (Phi) is 7.19. The number of nitrogens with one attached hydrogen (secondary N) is 1. The van der Waals surface area contributed by atoms with Crippen molar-refractivity contribution in [1.82, 2.24) is 10.2 Å². The average molecular weight is 515 g/mol. The summed E-state index contributed by atoms with van der Waals surface area (Å²) < 4.78 is 27.0. The number of fused-ring (bicyclic) bond motifs is 4. The van der Waals surface area contributed by atoms with Crippen LogP contribution in [0.2, 0.25) is 5.02 Å². The number of alkyl carbamates (subject to hydrolysis) is 1. The van der Waals surface area contributed by atoms with Gasteiger partial charge in [0, 0.05) is 12.1 Å². The Morgan fingerprint density at radius 1 is 1.22 bits per heavy atom. The topological polar surface area (TPSA) is 50.8 Å². The molecule has 4 aliphatic rings. The van der Waals surface area contributed by atoms with Crippen LogP contribution in [0.4, 0.5) is 9.18 Å². The first-order valence-corrected chi connectivity index (χ1v) is 13.6. The standard InChI is InChI=1S/C29H36ClFN2O3/c1-4-5-12-35-25-7-6-19(14-23(25)30)21-13-20-16-29(2,3)27(22(20)15-24(21)31)32-28(34)36-26-17-33-10-8-18(26)9-11-33/h6-7,13-15,18,26-27H,4-5,8-12,16-17H2,1-3H3,(H,32,34)/t26-,27-/m0/s1. The Bertz CT molecular complexity index is 1130. The lowest BCUT2D eigenvalue weighted by Gasteiger charge is -2.44. The Hall–Kier alpha value is -2.31. The van der Waals surface area contributed by atoms with E-state index in [1.165, 1.54) is 0 Å². The molecule has 0 saturated carbocycles. The fourth-order valence-corrected chi connectivity index (χ4v) is 6.24. The van der Waals surface area contributed by atoms with Crippen molar-refractivity contribution in [3.63, 3.8) is 0 Å². The monoisotopic (exact) mass is 514 g/mol. The van der Waals surface area contributed by atoms with Gasteiger partial charge in [-0.1, -0.05) is 44.9 Å². The summed E-state index contributed by atoms with van der Waals surface area (Å²) in [5.74, 6) is 0.724. The first-order chi connectivity index (χ1) is 17.2. The first kappa shape index (κ1) is 25.3. The van der Waals surface area contributed by atoms with Crippen LogP contribution in [0.25, 0.3) is 11.1 Å². The highest BCUT2D eigenvalue weighted by molar-refractivity contribution is 6.32. The Morgan fingerprint density at radius 3 is 2.67 bits per heavy atom. The van der Waals surface area contributed by atoms with Crippen LogP contribution < -0.4 is 10.1 Å². The summed E-state index contributed by atoms with van der Waals surface area (Å²) in [6, 6.07) is 8.56. The minimum absolute atomic E-state index is 0.0609. The molecule has 7 heteroatoms. The predicted octanol–water partition coefficient (Wildman–Crippen LogP) is 6.77. The molecule has 3 aliphatic heterocycles. The quantitative estimate of drug-likeness (QED) is 0.414.